The SMILES string of the molecule is CCCCCOc1ccc(C2/C(=C(\O)c3ccc4c(c3)CC(C)O4)C(=O)C(=O)N2CC2CCCO2)cc1OC. The molecule has 3 heterocycles. The third kappa shape index (κ3) is 5.48. The summed E-state index contributed by atoms with van der Waals surface area (Å²) in [7, 11) is 1.56. The van der Waals surface area contributed by atoms with Crippen molar-refractivity contribution in [3.63, 3.8) is 0 Å². The number of hydrogen-bond acceptors (Lipinski definition) is 7. The molecule has 0 aliphatic carbocycles. The smallest absolute Gasteiger partial charge is 0.295 e. The van der Waals surface area contributed by atoms with Gasteiger partial charge < -0.3 is 29.0 Å². The molecule has 3 atom stereocenters. The Bertz CT molecular complexity index is 1260. The maximum Gasteiger partial charge on any atom is 0.295 e. The molecule has 3 aliphatic rings. The fourth-order valence-electron chi connectivity index (χ4n) is 5.66. The van der Waals surface area contributed by atoms with Crippen molar-refractivity contribution in [2.45, 2.75) is 70.6 Å². The summed E-state index contributed by atoms with van der Waals surface area (Å²) in [6.07, 6.45) is 5.43. The number of fused-ring (bicyclic) bond motifs is 1. The largest absolute Gasteiger partial charge is 0.507 e. The summed E-state index contributed by atoms with van der Waals surface area (Å²) in [6.45, 7) is 5.59. The molecule has 2 aromatic carbocycles. The Morgan fingerprint density at radius 1 is 1.13 bits per heavy atom. The molecule has 2 fully saturated rings. The zero-order chi connectivity index (χ0) is 27.5. The van der Waals surface area contributed by atoms with Crippen LogP contribution in [0.5, 0.6) is 17.2 Å². The summed E-state index contributed by atoms with van der Waals surface area (Å²) < 4.78 is 23.2. The third-order valence-corrected chi connectivity index (χ3v) is 7.64. The predicted molar refractivity (Wildman–Crippen MR) is 146 cm³/mol. The van der Waals surface area contributed by atoms with Crippen LogP contribution in [0.15, 0.2) is 42.0 Å². The maximum atomic E-state index is 13.5. The Balaban J connectivity index is 1.55. The van der Waals surface area contributed by atoms with Crippen LogP contribution in [-0.2, 0) is 20.7 Å². The van der Waals surface area contributed by atoms with Gasteiger partial charge in [-0.15, -0.1) is 0 Å². The van der Waals surface area contributed by atoms with Crippen molar-refractivity contribution in [3.8, 4) is 17.2 Å². The Labute approximate surface area is 229 Å². The van der Waals surface area contributed by atoms with Crippen LogP contribution in [0.4, 0.5) is 0 Å². The van der Waals surface area contributed by atoms with Gasteiger partial charge in [0.15, 0.2) is 11.5 Å². The number of benzene rings is 2. The lowest BCUT2D eigenvalue weighted by molar-refractivity contribution is -0.140. The van der Waals surface area contributed by atoms with Crippen LogP contribution in [0.1, 0.15) is 68.7 Å². The quantitative estimate of drug-likeness (QED) is 0.194. The topological polar surface area (TPSA) is 94.5 Å². The number of carbonyl (C=O) groups is 2. The number of amides is 1. The van der Waals surface area contributed by atoms with E-state index in [1.165, 1.54) is 4.90 Å². The highest BCUT2D eigenvalue weighted by atomic mass is 16.5. The first-order valence-electron chi connectivity index (χ1n) is 13.9. The summed E-state index contributed by atoms with van der Waals surface area (Å²) >= 11 is 0. The van der Waals surface area contributed by atoms with Gasteiger partial charge in [0, 0.05) is 25.1 Å². The van der Waals surface area contributed by atoms with Gasteiger partial charge in [-0.05, 0) is 67.6 Å². The van der Waals surface area contributed by atoms with Crippen molar-refractivity contribution in [2.24, 2.45) is 0 Å². The second-order valence-corrected chi connectivity index (χ2v) is 10.5. The average molecular weight is 536 g/mol. The fraction of sp³-hybridized carbons (Fsp3) is 0.484. The molecular formula is C31H37NO7. The van der Waals surface area contributed by atoms with Crippen LogP contribution in [-0.4, -0.2) is 60.8 Å². The van der Waals surface area contributed by atoms with Gasteiger partial charge in [0.2, 0.25) is 0 Å². The number of ether oxygens (including phenoxy) is 4. The Morgan fingerprint density at radius 3 is 2.72 bits per heavy atom. The lowest BCUT2D eigenvalue weighted by Crippen LogP contribution is -2.36. The number of unbranched alkanes of at least 4 members (excludes halogenated alkanes) is 2. The normalized spacial score (nSPS) is 23.7. The Hall–Kier alpha value is -3.52. The molecule has 0 radical (unpaired) electrons. The predicted octanol–water partition coefficient (Wildman–Crippen LogP) is 5.19. The number of hydrogen-bond donors (Lipinski definition) is 1. The molecule has 1 N–H and O–H groups in total. The number of aliphatic hydroxyl groups is 1. The van der Waals surface area contributed by atoms with E-state index in [0.717, 1.165) is 43.4 Å². The van der Waals surface area contributed by atoms with Crippen molar-refractivity contribution in [1.29, 1.82) is 0 Å². The molecule has 2 saturated heterocycles. The van der Waals surface area contributed by atoms with Crippen molar-refractivity contribution in [1.82, 2.24) is 4.90 Å². The van der Waals surface area contributed by atoms with E-state index in [4.69, 9.17) is 18.9 Å². The molecule has 0 spiro atoms. The van der Waals surface area contributed by atoms with E-state index in [-0.39, 0.29) is 30.1 Å². The van der Waals surface area contributed by atoms with Gasteiger partial charge in [-0.1, -0.05) is 25.8 Å². The molecule has 1 amide bonds. The van der Waals surface area contributed by atoms with Crippen molar-refractivity contribution in [3.05, 3.63) is 58.7 Å². The minimum atomic E-state index is -0.791. The summed E-state index contributed by atoms with van der Waals surface area (Å²) in [5.74, 6) is 0.327. The van der Waals surface area contributed by atoms with E-state index < -0.39 is 17.7 Å². The summed E-state index contributed by atoms with van der Waals surface area (Å²) in [4.78, 5) is 28.4. The highest BCUT2D eigenvalue weighted by molar-refractivity contribution is 6.46. The number of methoxy groups -OCH3 is 1. The first-order chi connectivity index (χ1) is 18.9. The lowest BCUT2D eigenvalue weighted by Gasteiger charge is -2.28. The molecule has 3 aliphatic heterocycles. The second-order valence-electron chi connectivity index (χ2n) is 10.5. The number of Topliss-reactive ketones (excluding diaryl/α,β-unsaturated/α-hetero) is 1. The summed E-state index contributed by atoms with van der Waals surface area (Å²) in [5.41, 5.74) is 2.16. The number of aliphatic hydroxyl groups excluding tert-OH is 1. The van der Waals surface area contributed by atoms with Crippen molar-refractivity contribution < 1.29 is 33.6 Å². The van der Waals surface area contributed by atoms with E-state index in [9.17, 15) is 14.7 Å². The molecule has 3 unspecified atom stereocenters. The first kappa shape index (κ1) is 27.1. The molecule has 208 valence electrons. The zero-order valence-corrected chi connectivity index (χ0v) is 22.9. The number of rotatable bonds is 10. The third-order valence-electron chi connectivity index (χ3n) is 7.64. The minimum Gasteiger partial charge on any atom is -0.507 e. The van der Waals surface area contributed by atoms with E-state index in [1.54, 1.807) is 31.4 Å². The maximum absolute atomic E-state index is 13.5. The van der Waals surface area contributed by atoms with E-state index in [1.807, 2.05) is 19.1 Å². The van der Waals surface area contributed by atoms with E-state index in [2.05, 4.69) is 6.92 Å². The van der Waals surface area contributed by atoms with Crippen LogP contribution >= 0.6 is 0 Å². The number of carbonyl (C=O) groups excluding carboxylic acids is 2. The second kappa shape index (κ2) is 11.7. The highest BCUT2D eigenvalue weighted by Crippen LogP contribution is 2.43. The van der Waals surface area contributed by atoms with Gasteiger partial charge in [0.25, 0.3) is 11.7 Å². The van der Waals surface area contributed by atoms with Crippen molar-refractivity contribution >= 4 is 17.4 Å². The van der Waals surface area contributed by atoms with Gasteiger partial charge in [-0.3, -0.25) is 9.59 Å². The molecule has 0 bridgehead atoms. The van der Waals surface area contributed by atoms with Crippen LogP contribution in [0.25, 0.3) is 5.76 Å². The summed E-state index contributed by atoms with van der Waals surface area (Å²) in [6, 6.07) is 10.0. The molecule has 5 rings (SSSR count). The first-order valence-corrected chi connectivity index (χ1v) is 13.9. The molecule has 8 heteroatoms. The number of ketones is 1. The Morgan fingerprint density at radius 2 is 1.97 bits per heavy atom. The number of nitrogens with zero attached hydrogens (tertiary/aromatic N) is 1. The van der Waals surface area contributed by atoms with Gasteiger partial charge >= 0.3 is 0 Å². The zero-order valence-electron chi connectivity index (χ0n) is 22.9. The molecule has 39 heavy (non-hydrogen) atoms. The van der Waals surface area contributed by atoms with Crippen LogP contribution in [0.2, 0.25) is 0 Å². The van der Waals surface area contributed by atoms with Gasteiger partial charge in [0.05, 0.1) is 31.4 Å². The minimum absolute atomic E-state index is 0.0459. The molecule has 0 aromatic heterocycles. The highest BCUT2D eigenvalue weighted by Gasteiger charge is 2.47. The van der Waals surface area contributed by atoms with E-state index in [0.29, 0.717) is 42.3 Å². The van der Waals surface area contributed by atoms with E-state index >= 15 is 0 Å². The lowest BCUT2D eigenvalue weighted by atomic mass is 9.94. The van der Waals surface area contributed by atoms with Gasteiger partial charge in [-0.2, -0.15) is 0 Å². The van der Waals surface area contributed by atoms with Crippen LogP contribution in [0.3, 0.4) is 0 Å². The molecular weight excluding hydrogens is 498 g/mol. The standard InChI is InChI=1S/C31H37NO7/c1-4-5-6-13-38-25-12-9-20(17-26(25)36-3)28-27(30(34)31(35)32(28)18-23-8-7-14-37-23)29(33)21-10-11-24-22(16-21)15-19(2)39-24/h9-12,16-17,19,23,28,33H,4-8,13-15,18H2,1-3H3/b29-27+. The van der Waals surface area contributed by atoms with Gasteiger partial charge in [0.1, 0.15) is 17.6 Å². The number of likely N-dealkylation sites (tertiary alicyclic amines) is 1. The summed E-state index contributed by atoms with van der Waals surface area (Å²) in [5, 5.41) is 11.5. The molecule has 8 nitrogen and oxygen atoms in total. The molecule has 2 aromatic rings. The fourth-order valence-corrected chi connectivity index (χ4v) is 5.66. The van der Waals surface area contributed by atoms with Crippen LogP contribution < -0.4 is 14.2 Å². The van der Waals surface area contributed by atoms with Crippen molar-refractivity contribution in [2.75, 3.05) is 26.9 Å². The Kier molecular flexibility index (Phi) is 8.12. The monoisotopic (exact) mass is 535 g/mol. The average Bonchev–Trinajstić information content (AvgIpc) is 3.65. The van der Waals surface area contributed by atoms with Gasteiger partial charge in [-0.25, -0.2) is 0 Å². The van der Waals surface area contributed by atoms with Crippen LogP contribution in [0, 0.1) is 0 Å². The molecule has 0 saturated carbocycles.